The van der Waals surface area contributed by atoms with Crippen molar-refractivity contribution in [2.24, 2.45) is 0 Å². The summed E-state index contributed by atoms with van der Waals surface area (Å²) >= 11 is 0. The average molecular weight is 720 g/mol. The quantitative estimate of drug-likeness (QED) is 0.0741. The van der Waals surface area contributed by atoms with Crippen LogP contribution in [0.1, 0.15) is 104 Å². The van der Waals surface area contributed by atoms with Gasteiger partial charge in [-0.1, -0.05) is 117 Å². The van der Waals surface area contributed by atoms with Gasteiger partial charge in [-0.15, -0.1) is 5.06 Å². The number of benzene rings is 3. The van der Waals surface area contributed by atoms with Crippen molar-refractivity contribution < 1.29 is 24.2 Å². The Hall–Kier alpha value is -4.01. The molecule has 0 saturated carbocycles. The van der Waals surface area contributed by atoms with E-state index < -0.39 is 18.2 Å². The number of nitrogens with one attached hydrogen (secondary N) is 1. The summed E-state index contributed by atoms with van der Waals surface area (Å²) in [5.41, 5.74) is 3.92. The van der Waals surface area contributed by atoms with E-state index in [1.54, 1.807) is 12.2 Å². The number of unbranched alkanes of at least 4 members (excludes halogenated alkanes) is 2. The predicted octanol–water partition coefficient (Wildman–Crippen LogP) is 9.58. The van der Waals surface area contributed by atoms with Crippen molar-refractivity contribution in [3.05, 3.63) is 102 Å². The third-order valence-corrected chi connectivity index (χ3v) is 8.90. The van der Waals surface area contributed by atoms with Crippen LogP contribution in [0.2, 0.25) is 0 Å². The van der Waals surface area contributed by atoms with E-state index in [-0.39, 0.29) is 6.54 Å². The van der Waals surface area contributed by atoms with E-state index in [9.17, 15) is 9.90 Å². The molecule has 290 valence electrons. The summed E-state index contributed by atoms with van der Waals surface area (Å²) in [6.45, 7) is 21.0. The molecule has 3 rings (SSSR count). The van der Waals surface area contributed by atoms with Crippen LogP contribution in [-0.4, -0.2) is 68.7 Å². The van der Waals surface area contributed by atoms with Crippen LogP contribution in [0.25, 0.3) is 0 Å². The molecule has 0 amide bonds. The van der Waals surface area contributed by atoms with Crippen LogP contribution < -0.4 is 19.8 Å². The largest absolute Gasteiger partial charge is 0.497 e. The zero-order chi connectivity index (χ0) is 38.7. The molecule has 3 unspecified atom stereocenters. The molecule has 0 spiro atoms. The fraction of sp³-hybridized carbons (Fsp3) is 0.523. The normalized spacial score (nSPS) is 12.3. The number of carbonyl (C=O) groups excluding carboxylic acids is 1. The number of likely N-dealkylation sites (N-methyl/N-ethyl adjacent to an activating group) is 1. The first-order chi connectivity index (χ1) is 25.2. The van der Waals surface area contributed by atoms with Crippen molar-refractivity contribution >= 4 is 12.2 Å². The molecule has 3 aromatic rings. The minimum Gasteiger partial charge on any atom is -0.497 e. The number of ether oxygens (including phenoxy) is 2. The molecule has 0 heterocycles. The van der Waals surface area contributed by atoms with Gasteiger partial charge < -0.3 is 29.6 Å². The molecular weight excluding hydrogens is 651 g/mol. The van der Waals surface area contributed by atoms with Crippen molar-refractivity contribution in [1.29, 1.82) is 0 Å². The number of hydrogen-bond donors (Lipinski definition) is 2. The van der Waals surface area contributed by atoms with Crippen molar-refractivity contribution in [2.75, 3.05) is 38.7 Å². The number of rotatable bonds is 23. The third kappa shape index (κ3) is 17.0. The first kappa shape index (κ1) is 46.0. The summed E-state index contributed by atoms with van der Waals surface area (Å²) in [4.78, 5) is 19.9. The maximum absolute atomic E-state index is 11.7. The molecule has 3 atom stereocenters. The van der Waals surface area contributed by atoms with Gasteiger partial charge in [-0.25, -0.2) is 0 Å². The monoisotopic (exact) mass is 720 g/mol. The summed E-state index contributed by atoms with van der Waals surface area (Å²) in [6, 6.07) is 25.5. The standard InChI is InChI=1S/C38H53N3O5.C4H10.C2H6/c1-7-10-23-41(46-35-21-19-34(44-6)20-22-35)26-37(43)36(24-30-15-12-11-13-16-30)39-29(4)38(45-28-42)27-40(5)33-18-14-17-32(25-33)31(8-2)9-3;1-3-4-2;1-2/h11-22,25,28,31,36-39,43H,4,7-10,23-24,26-27H2,1-3,5-6H3;3-4H2,1-2H3;1-2H3. The third-order valence-electron chi connectivity index (χ3n) is 8.90. The second kappa shape index (κ2) is 27.6. The Kier molecular flexibility index (Phi) is 24.4. The number of nitrogens with zero attached hydrogens (tertiary/aromatic N) is 2. The lowest BCUT2D eigenvalue weighted by molar-refractivity contribution is -0.131. The molecule has 0 aromatic heterocycles. The number of anilines is 1. The summed E-state index contributed by atoms with van der Waals surface area (Å²) in [7, 11) is 3.61. The van der Waals surface area contributed by atoms with Crippen LogP contribution in [0, 0.1) is 0 Å². The maximum atomic E-state index is 11.7. The molecular formula is C44H69N3O5. The van der Waals surface area contributed by atoms with Gasteiger partial charge in [-0.2, -0.15) is 0 Å². The van der Waals surface area contributed by atoms with Gasteiger partial charge in [0.25, 0.3) is 6.47 Å². The second-order valence-corrected chi connectivity index (χ2v) is 12.8. The molecule has 3 aromatic carbocycles. The molecule has 2 N–H and O–H groups in total. The first-order valence-corrected chi connectivity index (χ1v) is 19.4. The lowest BCUT2D eigenvalue weighted by Crippen LogP contribution is -2.50. The maximum Gasteiger partial charge on any atom is 0.293 e. The van der Waals surface area contributed by atoms with Crippen LogP contribution in [-0.2, 0) is 16.0 Å². The van der Waals surface area contributed by atoms with Gasteiger partial charge in [-0.05, 0) is 79.1 Å². The first-order valence-electron chi connectivity index (χ1n) is 19.4. The SMILES string of the molecule is C=C(NC(Cc1ccccc1)C(O)CN(CCCC)Oc1ccc(OC)cc1)C(CN(C)c1cccc(C(CC)CC)c1)OC=O.CC.CCCC. The highest BCUT2D eigenvalue weighted by Crippen LogP contribution is 2.27. The highest BCUT2D eigenvalue weighted by Gasteiger charge is 2.27. The van der Waals surface area contributed by atoms with E-state index in [0.29, 0.717) is 43.3 Å². The lowest BCUT2D eigenvalue weighted by atomic mass is 9.93. The fourth-order valence-electron chi connectivity index (χ4n) is 5.55. The van der Waals surface area contributed by atoms with Gasteiger partial charge in [0.05, 0.1) is 32.3 Å². The van der Waals surface area contributed by atoms with Gasteiger partial charge in [0.15, 0.2) is 6.10 Å². The molecule has 52 heavy (non-hydrogen) atoms. The summed E-state index contributed by atoms with van der Waals surface area (Å²) in [6.07, 6.45) is 5.74. The summed E-state index contributed by atoms with van der Waals surface area (Å²) in [5, 5.41) is 16.9. The number of aliphatic hydroxyl groups excluding tert-OH is 1. The minimum atomic E-state index is -0.835. The zero-order valence-corrected chi connectivity index (χ0v) is 33.6. The van der Waals surface area contributed by atoms with E-state index in [0.717, 1.165) is 42.7 Å². The van der Waals surface area contributed by atoms with E-state index in [4.69, 9.17) is 14.3 Å². The number of hydroxylamine groups is 2. The Bertz CT molecular complexity index is 1330. The molecule has 0 radical (unpaired) electrons. The number of hydrogen-bond acceptors (Lipinski definition) is 8. The van der Waals surface area contributed by atoms with Crippen LogP contribution in [0.15, 0.2) is 91.1 Å². The molecule has 0 saturated heterocycles. The Labute approximate surface area is 316 Å². The molecule has 0 aliphatic heterocycles. The topological polar surface area (TPSA) is 83.5 Å². The van der Waals surface area contributed by atoms with E-state index in [1.807, 2.05) is 75.5 Å². The average Bonchev–Trinajstić information content (AvgIpc) is 3.18. The van der Waals surface area contributed by atoms with E-state index in [2.05, 4.69) is 75.7 Å². The summed E-state index contributed by atoms with van der Waals surface area (Å²) < 4.78 is 10.8. The fourth-order valence-corrected chi connectivity index (χ4v) is 5.55. The highest BCUT2D eigenvalue weighted by atomic mass is 16.7. The molecule has 0 aliphatic carbocycles. The predicted molar refractivity (Wildman–Crippen MR) is 218 cm³/mol. The Balaban J connectivity index is 0.00000210. The van der Waals surface area contributed by atoms with Gasteiger partial charge in [0.2, 0.25) is 0 Å². The highest BCUT2D eigenvalue weighted by molar-refractivity contribution is 5.49. The second-order valence-electron chi connectivity index (χ2n) is 12.8. The van der Waals surface area contributed by atoms with Crippen LogP contribution in [0.4, 0.5) is 5.69 Å². The molecule has 8 heteroatoms. The van der Waals surface area contributed by atoms with E-state index >= 15 is 0 Å². The van der Waals surface area contributed by atoms with Crippen molar-refractivity contribution in [3.63, 3.8) is 0 Å². The Morgan fingerprint density at radius 1 is 0.865 bits per heavy atom. The molecule has 8 nitrogen and oxygen atoms in total. The van der Waals surface area contributed by atoms with Crippen molar-refractivity contribution in [2.45, 2.75) is 118 Å². The van der Waals surface area contributed by atoms with Gasteiger partial charge >= 0.3 is 0 Å². The van der Waals surface area contributed by atoms with Crippen LogP contribution in [0.5, 0.6) is 11.5 Å². The lowest BCUT2D eigenvalue weighted by Gasteiger charge is -2.33. The van der Waals surface area contributed by atoms with Crippen LogP contribution in [0.3, 0.4) is 0 Å². The van der Waals surface area contributed by atoms with Gasteiger partial charge in [0.1, 0.15) is 11.5 Å². The molecule has 0 fully saturated rings. The van der Waals surface area contributed by atoms with Crippen LogP contribution >= 0.6 is 0 Å². The number of aliphatic hydroxyl groups is 1. The van der Waals surface area contributed by atoms with Gasteiger partial charge in [-0.3, -0.25) is 4.79 Å². The zero-order valence-electron chi connectivity index (χ0n) is 33.6. The van der Waals surface area contributed by atoms with Crippen molar-refractivity contribution in [3.8, 4) is 11.5 Å². The minimum absolute atomic E-state index is 0.256. The number of carbonyl (C=O) groups is 1. The number of methoxy groups -OCH3 is 1. The summed E-state index contributed by atoms with van der Waals surface area (Å²) in [5.74, 6) is 1.91. The Morgan fingerprint density at radius 2 is 1.50 bits per heavy atom. The Morgan fingerprint density at radius 3 is 2.06 bits per heavy atom. The van der Waals surface area contributed by atoms with Gasteiger partial charge in [0, 0.05) is 25.0 Å². The molecule has 0 aliphatic rings. The molecule has 0 bridgehead atoms. The van der Waals surface area contributed by atoms with E-state index in [1.165, 1.54) is 18.4 Å². The smallest absolute Gasteiger partial charge is 0.293 e. The van der Waals surface area contributed by atoms with Crippen molar-refractivity contribution in [1.82, 2.24) is 10.4 Å².